The predicted molar refractivity (Wildman–Crippen MR) is 122 cm³/mol. The van der Waals surface area contributed by atoms with Crippen LogP contribution in [0.1, 0.15) is 25.1 Å². The van der Waals surface area contributed by atoms with E-state index >= 15 is 0 Å². The molecular weight excluding hydrogens is 440 g/mol. The van der Waals surface area contributed by atoms with Gasteiger partial charge >= 0.3 is 5.69 Å². The van der Waals surface area contributed by atoms with Crippen molar-refractivity contribution in [2.24, 2.45) is 0 Å². The molecule has 168 valence electrons. The molecule has 1 saturated heterocycles. The topological polar surface area (TPSA) is 107 Å². The fourth-order valence-electron chi connectivity index (χ4n) is 3.46. The van der Waals surface area contributed by atoms with Gasteiger partial charge in [-0.05, 0) is 25.5 Å². The highest BCUT2D eigenvalue weighted by molar-refractivity contribution is 7.99. The zero-order valence-corrected chi connectivity index (χ0v) is 19.3. The number of nitrogens with zero attached hydrogens (tertiary/aromatic N) is 3. The quantitative estimate of drug-likeness (QED) is 0.442. The van der Waals surface area contributed by atoms with E-state index in [0.29, 0.717) is 10.9 Å². The highest BCUT2D eigenvalue weighted by Crippen LogP contribution is 2.29. The normalized spacial score (nSPS) is 19.2. The second-order valence-corrected chi connectivity index (χ2v) is 9.24. The zero-order valence-electron chi connectivity index (χ0n) is 17.7. The summed E-state index contributed by atoms with van der Waals surface area (Å²) in [5, 5.41) is 16.5. The smallest absolute Gasteiger partial charge is 0.311 e. The third-order valence-corrected chi connectivity index (χ3v) is 6.43. The van der Waals surface area contributed by atoms with Crippen LogP contribution in [-0.2, 0) is 21.8 Å². The lowest BCUT2D eigenvalue weighted by Crippen LogP contribution is -2.44. The predicted octanol–water partition coefficient (Wildman–Crippen LogP) is 3.54. The average molecular weight is 467 g/mol. The van der Waals surface area contributed by atoms with Crippen molar-refractivity contribution >= 4 is 39.8 Å². The minimum Gasteiger partial charge on any atom is -0.490 e. The summed E-state index contributed by atoms with van der Waals surface area (Å²) in [6, 6.07) is 4.81. The zero-order chi connectivity index (χ0) is 22.4. The molecule has 1 fully saturated rings. The molecular formula is C20H26N4O5S2. The third kappa shape index (κ3) is 6.89. The van der Waals surface area contributed by atoms with Crippen LogP contribution in [0.4, 0.5) is 10.8 Å². The lowest BCUT2D eigenvalue weighted by molar-refractivity contribution is -0.385. The summed E-state index contributed by atoms with van der Waals surface area (Å²) in [4.78, 5) is 29.7. The number of nitro benzene ring substituents is 1. The van der Waals surface area contributed by atoms with E-state index in [9.17, 15) is 14.9 Å². The molecule has 1 aromatic heterocycles. The van der Waals surface area contributed by atoms with Crippen LogP contribution in [-0.4, -0.2) is 58.9 Å². The third-order valence-electron chi connectivity index (χ3n) is 4.62. The van der Waals surface area contributed by atoms with Gasteiger partial charge in [-0.15, -0.1) is 23.1 Å². The van der Waals surface area contributed by atoms with Crippen molar-refractivity contribution in [2.45, 2.75) is 38.4 Å². The number of carbonyl (C=O) groups excluding carboxylic acids is 1. The number of thioether (sulfide) groups is 1. The maximum absolute atomic E-state index is 12.2. The summed E-state index contributed by atoms with van der Waals surface area (Å²) in [5.74, 6) is 0.779. The standard InChI is InChI=1S/C20H26N4O5S2/c1-13-7-23(8-14(2)29-13)9-16-11-31-20(21-16)22-19(25)12-30-10-15-4-5-18(28-3)17(6-15)24(26)27/h4-6,11,13-14H,7-10,12H2,1-3H3,(H,21,22,25). The average Bonchev–Trinajstić information content (AvgIpc) is 3.13. The van der Waals surface area contributed by atoms with Crippen LogP contribution in [0.3, 0.4) is 0 Å². The maximum Gasteiger partial charge on any atom is 0.311 e. The SMILES string of the molecule is COc1ccc(CSCC(=O)Nc2nc(CN3CC(C)OC(C)C3)cs2)cc1[N+](=O)[O-]. The Hall–Kier alpha value is -2.21. The minimum absolute atomic E-state index is 0.0792. The Morgan fingerprint density at radius 2 is 2.16 bits per heavy atom. The van der Waals surface area contributed by atoms with Gasteiger partial charge in [0.15, 0.2) is 10.9 Å². The molecule has 3 rings (SSSR count). The van der Waals surface area contributed by atoms with Crippen molar-refractivity contribution in [1.82, 2.24) is 9.88 Å². The number of benzene rings is 1. The number of morpholine rings is 1. The molecule has 1 amide bonds. The van der Waals surface area contributed by atoms with Gasteiger partial charge in [0, 0.05) is 36.8 Å². The fourth-order valence-corrected chi connectivity index (χ4v) is 4.96. The van der Waals surface area contributed by atoms with Crippen molar-refractivity contribution < 1.29 is 19.2 Å². The van der Waals surface area contributed by atoms with E-state index in [1.165, 1.54) is 36.3 Å². The molecule has 1 aromatic carbocycles. The number of nitrogens with one attached hydrogen (secondary N) is 1. The van der Waals surface area contributed by atoms with Crippen molar-refractivity contribution in [3.05, 3.63) is 45.0 Å². The number of carbonyl (C=O) groups is 1. The Bertz CT molecular complexity index is 913. The number of nitro groups is 1. The number of rotatable bonds is 9. The van der Waals surface area contributed by atoms with Gasteiger partial charge in [0.1, 0.15) is 0 Å². The number of anilines is 1. The van der Waals surface area contributed by atoms with E-state index in [0.717, 1.165) is 30.9 Å². The molecule has 2 heterocycles. The summed E-state index contributed by atoms with van der Waals surface area (Å²) in [7, 11) is 1.40. The molecule has 0 radical (unpaired) electrons. The first-order chi connectivity index (χ1) is 14.8. The molecule has 2 aromatic rings. The monoisotopic (exact) mass is 466 g/mol. The molecule has 9 nitrogen and oxygen atoms in total. The second kappa shape index (κ2) is 10.9. The van der Waals surface area contributed by atoms with Crippen LogP contribution in [0.2, 0.25) is 0 Å². The largest absolute Gasteiger partial charge is 0.490 e. The number of hydrogen-bond acceptors (Lipinski definition) is 9. The highest BCUT2D eigenvalue weighted by Gasteiger charge is 2.23. The van der Waals surface area contributed by atoms with Crippen LogP contribution in [0.5, 0.6) is 5.75 Å². The molecule has 1 N–H and O–H groups in total. The van der Waals surface area contributed by atoms with Crippen molar-refractivity contribution in [3.8, 4) is 5.75 Å². The Balaban J connectivity index is 1.45. The highest BCUT2D eigenvalue weighted by atomic mass is 32.2. The molecule has 31 heavy (non-hydrogen) atoms. The molecule has 0 aliphatic carbocycles. The maximum atomic E-state index is 12.2. The Kier molecular flexibility index (Phi) is 8.24. The van der Waals surface area contributed by atoms with Crippen molar-refractivity contribution in [3.63, 3.8) is 0 Å². The van der Waals surface area contributed by atoms with Gasteiger partial charge in [-0.25, -0.2) is 4.98 Å². The number of hydrogen-bond donors (Lipinski definition) is 1. The fraction of sp³-hybridized carbons (Fsp3) is 0.500. The van der Waals surface area contributed by atoms with E-state index in [1.54, 1.807) is 12.1 Å². The number of amides is 1. The lowest BCUT2D eigenvalue weighted by atomic mass is 10.2. The lowest BCUT2D eigenvalue weighted by Gasteiger charge is -2.34. The number of aromatic nitrogens is 1. The molecule has 0 spiro atoms. The molecule has 0 saturated carbocycles. The molecule has 2 unspecified atom stereocenters. The van der Waals surface area contributed by atoms with Gasteiger partial charge in [0.25, 0.3) is 0 Å². The van der Waals surface area contributed by atoms with Gasteiger partial charge in [0.05, 0.1) is 35.7 Å². The summed E-state index contributed by atoms with van der Waals surface area (Å²) >= 11 is 2.79. The summed E-state index contributed by atoms with van der Waals surface area (Å²) in [6.45, 7) is 6.59. The molecule has 11 heteroatoms. The summed E-state index contributed by atoms with van der Waals surface area (Å²) < 4.78 is 10.8. The van der Waals surface area contributed by atoms with E-state index < -0.39 is 4.92 Å². The summed E-state index contributed by atoms with van der Waals surface area (Å²) in [6.07, 6.45) is 0.399. The van der Waals surface area contributed by atoms with Gasteiger partial charge in [-0.2, -0.15) is 0 Å². The molecule has 1 aliphatic rings. The van der Waals surface area contributed by atoms with E-state index in [4.69, 9.17) is 9.47 Å². The van der Waals surface area contributed by atoms with Gasteiger partial charge in [-0.3, -0.25) is 19.8 Å². The number of methoxy groups -OCH3 is 1. The van der Waals surface area contributed by atoms with Crippen LogP contribution in [0.25, 0.3) is 0 Å². The van der Waals surface area contributed by atoms with Crippen LogP contribution in [0.15, 0.2) is 23.6 Å². The van der Waals surface area contributed by atoms with Gasteiger partial charge in [-0.1, -0.05) is 6.07 Å². The molecule has 2 atom stereocenters. The second-order valence-electron chi connectivity index (χ2n) is 7.40. The first-order valence-corrected chi connectivity index (χ1v) is 11.9. The first kappa shape index (κ1) is 23.5. The Morgan fingerprint density at radius 3 is 2.84 bits per heavy atom. The van der Waals surface area contributed by atoms with Crippen molar-refractivity contribution in [1.29, 1.82) is 0 Å². The first-order valence-electron chi connectivity index (χ1n) is 9.85. The van der Waals surface area contributed by atoms with E-state index in [-0.39, 0.29) is 35.3 Å². The van der Waals surface area contributed by atoms with Crippen LogP contribution in [0, 0.1) is 10.1 Å². The summed E-state index contributed by atoms with van der Waals surface area (Å²) in [5.41, 5.74) is 1.61. The Labute approximate surface area is 189 Å². The minimum atomic E-state index is -0.474. The van der Waals surface area contributed by atoms with Crippen molar-refractivity contribution in [2.75, 3.05) is 31.3 Å². The van der Waals surface area contributed by atoms with Crippen LogP contribution < -0.4 is 10.1 Å². The van der Waals surface area contributed by atoms with Gasteiger partial charge < -0.3 is 14.8 Å². The molecule has 0 bridgehead atoms. The van der Waals surface area contributed by atoms with E-state index in [2.05, 4.69) is 29.0 Å². The van der Waals surface area contributed by atoms with Gasteiger partial charge in [0.2, 0.25) is 5.91 Å². The Morgan fingerprint density at radius 1 is 1.42 bits per heavy atom. The van der Waals surface area contributed by atoms with Crippen LogP contribution >= 0.6 is 23.1 Å². The number of ether oxygens (including phenoxy) is 2. The number of thiazole rings is 1. The van der Waals surface area contributed by atoms with E-state index in [1.807, 2.05) is 5.38 Å². The molecule has 1 aliphatic heterocycles.